The standard InChI is InChI=1S/C40H26O4.2CH4O.2CH3.2Ti/c41-33-17-11-23-5-1-3-7-29(23)37(33)39-31-15-9-25(21-27(31)13-19-35(39)43)26-10-16-32-28(22-26)14-20-36(44)40(32)38-30-8-4-2-6-24(30)12-18-34(38)42;2*1-2;;;;/h1-22,41-44H;2*2H,1H3;2*1H3;;/q;;;2*-1;;+2. The zero-order valence-corrected chi connectivity index (χ0v) is 32.5. The van der Waals surface area contributed by atoms with Crippen molar-refractivity contribution in [3.05, 3.63) is 148 Å². The van der Waals surface area contributed by atoms with Crippen LogP contribution < -0.4 is 0 Å². The maximum absolute atomic E-state index is 11.0. The van der Waals surface area contributed by atoms with Gasteiger partial charge in [0.1, 0.15) is 23.0 Å². The molecule has 0 radical (unpaired) electrons. The molecule has 6 N–H and O–H groups in total. The fourth-order valence-electron chi connectivity index (χ4n) is 6.57. The molecule has 0 amide bonds. The minimum absolute atomic E-state index is 0. The summed E-state index contributed by atoms with van der Waals surface area (Å²) in [6.07, 6.45) is 0. The van der Waals surface area contributed by atoms with Crippen molar-refractivity contribution in [3.8, 4) is 56.4 Å². The number of rotatable bonds is 3. The van der Waals surface area contributed by atoms with Crippen LogP contribution in [-0.2, 0) is 43.4 Å². The smallest absolute Gasteiger partial charge is 0.507 e. The first-order chi connectivity index (χ1) is 23.5. The van der Waals surface area contributed by atoms with Gasteiger partial charge >= 0.3 is 21.7 Å². The summed E-state index contributed by atoms with van der Waals surface area (Å²) in [6.45, 7) is 0. The van der Waals surface area contributed by atoms with Crippen LogP contribution >= 0.6 is 0 Å². The van der Waals surface area contributed by atoms with Gasteiger partial charge in [0, 0.05) is 58.2 Å². The molecule has 0 aromatic heterocycles. The third-order valence-corrected chi connectivity index (χ3v) is 8.64. The van der Waals surface area contributed by atoms with Gasteiger partial charge in [-0.2, -0.15) is 0 Å². The number of benzene rings is 8. The Labute approximate surface area is 334 Å². The Balaban J connectivity index is 0.00000113. The third-order valence-electron chi connectivity index (χ3n) is 8.64. The molecular formula is C44H40O6Ti2. The van der Waals surface area contributed by atoms with E-state index in [2.05, 4.69) is 12.1 Å². The zero-order valence-electron chi connectivity index (χ0n) is 29.4. The van der Waals surface area contributed by atoms with E-state index in [1.165, 1.54) is 0 Å². The van der Waals surface area contributed by atoms with Crippen LogP contribution in [0.25, 0.3) is 76.5 Å². The molecule has 260 valence electrons. The van der Waals surface area contributed by atoms with Gasteiger partial charge in [0.05, 0.1) is 0 Å². The van der Waals surface area contributed by atoms with Gasteiger partial charge in [-0.3, -0.25) is 0 Å². The molecule has 0 atom stereocenters. The summed E-state index contributed by atoms with van der Waals surface area (Å²) >= 11 is 0. The average Bonchev–Trinajstić information content (AvgIpc) is 3.14. The van der Waals surface area contributed by atoms with Gasteiger partial charge in [-0.1, -0.05) is 97.1 Å². The van der Waals surface area contributed by atoms with Crippen molar-refractivity contribution in [1.82, 2.24) is 0 Å². The number of phenols is 4. The van der Waals surface area contributed by atoms with E-state index in [0.29, 0.717) is 22.3 Å². The van der Waals surface area contributed by atoms with Crippen LogP contribution in [0, 0.1) is 14.9 Å². The van der Waals surface area contributed by atoms with Gasteiger partial charge in [-0.15, -0.1) is 0 Å². The Bertz CT molecular complexity index is 2290. The Kier molecular flexibility index (Phi) is 15.7. The maximum Gasteiger partial charge on any atom is 2.00 e. The van der Waals surface area contributed by atoms with Crippen LogP contribution in [0.5, 0.6) is 23.0 Å². The van der Waals surface area contributed by atoms with Crippen molar-refractivity contribution in [2.75, 3.05) is 14.2 Å². The van der Waals surface area contributed by atoms with E-state index in [4.69, 9.17) is 10.2 Å². The fourth-order valence-corrected chi connectivity index (χ4v) is 6.57. The van der Waals surface area contributed by atoms with E-state index in [1.807, 2.05) is 97.1 Å². The molecule has 6 nitrogen and oxygen atoms in total. The number of hydrogen-bond donors (Lipinski definition) is 6. The van der Waals surface area contributed by atoms with Crippen LogP contribution in [0.1, 0.15) is 0 Å². The number of fused-ring (bicyclic) bond motifs is 4. The largest absolute Gasteiger partial charge is 2.00 e. The number of aliphatic hydroxyl groups is 2. The van der Waals surface area contributed by atoms with Gasteiger partial charge in [0.2, 0.25) is 0 Å². The number of aliphatic hydroxyl groups excluding tert-OH is 2. The first-order valence-corrected chi connectivity index (χ1v) is 15.3. The summed E-state index contributed by atoms with van der Waals surface area (Å²) in [4.78, 5) is 0. The molecular weight excluding hydrogens is 720 g/mol. The second kappa shape index (κ2) is 18.7. The van der Waals surface area contributed by atoms with Crippen molar-refractivity contribution in [3.63, 3.8) is 0 Å². The Hall–Kier alpha value is -4.65. The second-order valence-electron chi connectivity index (χ2n) is 11.2. The van der Waals surface area contributed by atoms with Crippen LogP contribution in [0.3, 0.4) is 0 Å². The van der Waals surface area contributed by atoms with E-state index in [-0.39, 0.29) is 81.3 Å². The van der Waals surface area contributed by atoms with Gasteiger partial charge in [0.25, 0.3) is 0 Å². The van der Waals surface area contributed by atoms with Crippen molar-refractivity contribution in [1.29, 1.82) is 0 Å². The predicted octanol–water partition coefficient (Wildman–Crippen LogP) is 10.2. The van der Waals surface area contributed by atoms with E-state index in [0.717, 1.165) is 68.4 Å². The molecule has 0 bridgehead atoms. The van der Waals surface area contributed by atoms with Crippen LogP contribution in [0.4, 0.5) is 0 Å². The molecule has 0 aliphatic rings. The van der Waals surface area contributed by atoms with Crippen molar-refractivity contribution in [2.45, 2.75) is 0 Å². The summed E-state index contributed by atoms with van der Waals surface area (Å²) < 4.78 is 0. The summed E-state index contributed by atoms with van der Waals surface area (Å²) in [5.41, 5.74) is 4.37. The van der Waals surface area contributed by atoms with E-state index >= 15 is 0 Å². The minimum Gasteiger partial charge on any atom is -0.507 e. The van der Waals surface area contributed by atoms with Gasteiger partial charge in [-0.05, 0) is 90.6 Å². The molecule has 8 aromatic carbocycles. The quantitative estimate of drug-likeness (QED) is 0.0788. The summed E-state index contributed by atoms with van der Waals surface area (Å²) in [5.74, 6) is 0.432. The van der Waals surface area contributed by atoms with Gasteiger partial charge in [-0.25, -0.2) is 0 Å². The zero-order chi connectivity index (χ0) is 33.9. The van der Waals surface area contributed by atoms with E-state index < -0.39 is 0 Å². The Morgan fingerprint density at radius 3 is 0.923 bits per heavy atom. The Morgan fingerprint density at radius 2 is 0.596 bits per heavy atom. The molecule has 0 unspecified atom stereocenters. The third kappa shape index (κ3) is 7.74. The van der Waals surface area contributed by atoms with Crippen molar-refractivity contribution in [2.24, 2.45) is 0 Å². The molecule has 0 spiro atoms. The molecule has 0 fully saturated rings. The summed E-state index contributed by atoms with van der Waals surface area (Å²) in [7, 11) is 2.00. The first-order valence-electron chi connectivity index (χ1n) is 15.3. The fraction of sp³-hybridized carbons (Fsp3) is 0.0455. The topological polar surface area (TPSA) is 121 Å². The van der Waals surface area contributed by atoms with E-state index in [1.54, 1.807) is 24.3 Å². The van der Waals surface area contributed by atoms with Crippen molar-refractivity contribution < 1.29 is 74.1 Å². The van der Waals surface area contributed by atoms with E-state index in [9.17, 15) is 20.4 Å². The number of aromatic hydroxyl groups is 4. The number of hydrogen-bond acceptors (Lipinski definition) is 6. The average molecular weight is 761 g/mol. The first kappa shape index (κ1) is 43.5. The molecule has 52 heavy (non-hydrogen) atoms. The molecule has 8 rings (SSSR count). The molecule has 0 aliphatic heterocycles. The maximum atomic E-state index is 11.0. The Morgan fingerprint density at radius 1 is 0.327 bits per heavy atom. The van der Waals surface area contributed by atoms with Crippen LogP contribution in [0.2, 0.25) is 0 Å². The molecule has 8 aromatic rings. The molecule has 0 saturated carbocycles. The van der Waals surface area contributed by atoms with Gasteiger partial charge < -0.3 is 45.5 Å². The molecule has 0 aliphatic carbocycles. The van der Waals surface area contributed by atoms with Gasteiger partial charge in [0.15, 0.2) is 0 Å². The van der Waals surface area contributed by atoms with Crippen LogP contribution in [0.15, 0.2) is 133 Å². The monoisotopic (exact) mass is 760 g/mol. The number of phenolic OH excluding ortho intramolecular Hbond substituents is 4. The minimum atomic E-state index is 0. The normalized spacial score (nSPS) is 10.0. The van der Waals surface area contributed by atoms with Crippen LogP contribution in [-0.4, -0.2) is 44.9 Å². The summed E-state index contributed by atoms with van der Waals surface area (Å²) in [5, 5.41) is 65.1. The molecule has 0 saturated heterocycles. The SMILES string of the molecule is CO.CO.Oc1ccc2ccccc2c1-c1c(O)ccc2cc(-c3ccc4c(-c5c(O)ccc6ccccc56)c(O)ccc4c3)ccc12.[CH3-].[CH3-].[Ti+2].[Ti]. The predicted molar refractivity (Wildman–Crippen MR) is 209 cm³/mol. The second-order valence-corrected chi connectivity index (χ2v) is 11.2. The van der Waals surface area contributed by atoms with Crippen molar-refractivity contribution >= 4 is 43.1 Å². The molecule has 8 heteroatoms. The summed E-state index contributed by atoms with van der Waals surface area (Å²) in [6, 6.07) is 42.1. The molecule has 0 heterocycles.